The summed E-state index contributed by atoms with van der Waals surface area (Å²) in [7, 11) is -3.91. The lowest BCUT2D eigenvalue weighted by molar-refractivity contribution is 0.278. The van der Waals surface area contributed by atoms with E-state index in [-0.39, 0.29) is 34.3 Å². The van der Waals surface area contributed by atoms with Crippen molar-refractivity contribution in [3.63, 3.8) is 0 Å². The van der Waals surface area contributed by atoms with Crippen molar-refractivity contribution < 1.29 is 13.5 Å². The van der Waals surface area contributed by atoms with Crippen LogP contribution >= 0.6 is 0 Å². The molecule has 0 saturated heterocycles. The predicted octanol–water partition coefficient (Wildman–Crippen LogP) is 2.30. The van der Waals surface area contributed by atoms with Gasteiger partial charge in [-0.1, -0.05) is 29.8 Å². The number of sulfone groups is 1. The first-order chi connectivity index (χ1) is 12.9. The summed E-state index contributed by atoms with van der Waals surface area (Å²) in [6, 6.07) is 13.8. The van der Waals surface area contributed by atoms with Crippen LogP contribution < -0.4 is 5.73 Å². The number of hydrogen-bond donors (Lipinski definition) is 2. The SMILES string of the molecule is Cc1ccc(S(=O)(=O)c2c(N)n(CCO)c3nc4ccccc4nc23)cc1. The maximum absolute atomic E-state index is 13.3. The van der Waals surface area contributed by atoms with E-state index in [0.717, 1.165) is 5.56 Å². The third-order valence-corrected chi connectivity index (χ3v) is 6.30. The van der Waals surface area contributed by atoms with Gasteiger partial charge in [-0.3, -0.25) is 0 Å². The lowest BCUT2D eigenvalue weighted by Crippen LogP contribution is -2.09. The average molecular weight is 382 g/mol. The number of para-hydroxylation sites is 2. The Hall–Kier alpha value is -2.97. The first-order valence-corrected chi connectivity index (χ1v) is 9.89. The van der Waals surface area contributed by atoms with Gasteiger partial charge in [0.15, 0.2) is 5.65 Å². The molecule has 4 aromatic rings. The largest absolute Gasteiger partial charge is 0.395 e. The molecule has 3 N–H and O–H groups in total. The molecule has 2 aromatic heterocycles. The van der Waals surface area contributed by atoms with E-state index in [2.05, 4.69) is 9.97 Å². The lowest BCUT2D eigenvalue weighted by Gasteiger charge is -2.06. The lowest BCUT2D eigenvalue weighted by atomic mass is 10.2. The van der Waals surface area contributed by atoms with Crippen molar-refractivity contribution in [3.05, 3.63) is 54.1 Å². The van der Waals surface area contributed by atoms with Crippen LogP contribution in [0.4, 0.5) is 5.82 Å². The van der Waals surface area contributed by atoms with Crippen LogP contribution in [0.1, 0.15) is 5.56 Å². The van der Waals surface area contributed by atoms with Crippen LogP contribution in [0.3, 0.4) is 0 Å². The third kappa shape index (κ3) is 2.73. The minimum absolute atomic E-state index is 0.0231. The van der Waals surface area contributed by atoms with Gasteiger partial charge in [-0.05, 0) is 31.2 Å². The number of nitrogens with two attached hydrogens (primary N) is 1. The van der Waals surface area contributed by atoms with Gasteiger partial charge in [0, 0.05) is 6.54 Å². The number of aromatic nitrogens is 3. The van der Waals surface area contributed by atoms with Crippen LogP contribution in [0.15, 0.2) is 58.3 Å². The second-order valence-electron chi connectivity index (χ2n) is 6.29. The molecule has 0 aliphatic carbocycles. The van der Waals surface area contributed by atoms with E-state index in [1.807, 2.05) is 19.1 Å². The van der Waals surface area contributed by atoms with Crippen LogP contribution in [0.25, 0.3) is 22.2 Å². The Balaban J connectivity index is 2.08. The normalized spacial score (nSPS) is 12.1. The summed E-state index contributed by atoms with van der Waals surface area (Å²) in [6.45, 7) is 1.81. The van der Waals surface area contributed by atoms with Crippen LogP contribution in [0.5, 0.6) is 0 Å². The van der Waals surface area contributed by atoms with E-state index >= 15 is 0 Å². The fourth-order valence-corrected chi connectivity index (χ4v) is 4.62. The van der Waals surface area contributed by atoms with Crippen molar-refractivity contribution >= 4 is 37.9 Å². The van der Waals surface area contributed by atoms with Crippen molar-refractivity contribution in [3.8, 4) is 0 Å². The predicted molar refractivity (Wildman–Crippen MR) is 103 cm³/mol. The summed E-state index contributed by atoms with van der Waals surface area (Å²) in [6.07, 6.45) is 0. The van der Waals surface area contributed by atoms with Gasteiger partial charge in [0.25, 0.3) is 0 Å². The summed E-state index contributed by atoms with van der Waals surface area (Å²) in [5.74, 6) is 0.0231. The van der Waals surface area contributed by atoms with E-state index in [0.29, 0.717) is 16.7 Å². The number of anilines is 1. The Morgan fingerprint density at radius 3 is 2.30 bits per heavy atom. The van der Waals surface area contributed by atoms with E-state index < -0.39 is 9.84 Å². The number of nitrogen functional groups attached to an aromatic ring is 1. The van der Waals surface area contributed by atoms with Crippen molar-refractivity contribution in [1.82, 2.24) is 14.5 Å². The van der Waals surface area contributed by atoms with E-state index in [4.69, 9.17) is 5.73 Å². The summed E-state index contributed by atoms with van der Waals surface area (Å²) in [5, 5.41) is 9.40. The molecule has 7 nitrogen and oxygen atoms in total. The number of aliphatic hydroxyl groups excluding tert-OH is 1. The fourth-order valence-electron chi connectivity index (χ4n) is 3.12. The Kier molecular flexibility index (Phi) is 4.09. The number of hydrogen-bond acceptors (Lipinski definition) is 6. The molecule has 8 heteroatoms. The van der Waals surface area contributed by atoms with Crippen molar-refractivity contribution in [2.24, 2.45) is 0 Å². The van der Waals surface area contributed by atoms with Gasteiger partial charge in [-0.25, -0.2) is 18.4 Å². The second-order valence-corrected chi connectivity index (χ2v) is 8.18. The number of rotatable bonds is 4. The molecule has 2 heterocycles. The number of aryl methyl sites for hydroxylation is 1. The zero-order valence-electron chi connectivity index (χ0n) is 14.6. The molecular weight excluding hydrogens is 364 g/mol. The van der Waals surface area contributed by atoms with Crippen LogP contribution in [0, 0.1) is 6.92 Å². The van der Waals surface area contributed by atoms with Crippen molar-refractivity contribution in [2.75, 3.05) is 12.3 Å². The molecule has 0 radical (unpaired) electrons. The number of aliphatic hydroxyl groups is 1. The van der Waals surface area contributed by atoms with Gasteiger partial charge in [-0.15, -0.1) is 0 Å². The van der Waals surface area contributed by atoms with Gasteiger partial charge in [0.2, 0.25) is 9.84 Å². The van der Waals surface area contributed by atoms with Crippen LogP contribution in [0.2, 0.25) is 0 Å². The van der Waals surface area contributed by atoms with Crippen molar-refractivity contribution in [2.45, 2.75) is 23.3 Å². The Morgan fingerprint density at radius 2 is 1.67 bits per heavy atom. The molecule has 0 atom stereocenters. The average Bonchev–Trinajstić information content (AvgIpc) is 2.92. The molecular formula is C19H18N4O3S. The smallest absolute Gasteiger partial charge is 0.212 e. The van der Waals surface area contributed by atoms with Gasteiger partial charge in [0.1, 0.15) is 16.2 Å². The van der Waals surface area contributed by atoms with Gasteiger partial charge in [0.05, 0.1) is 22.5 Å². The molecule has 0 aliphatic rings. The molecule has 0 amide bonds. The molecule has 0 unspecified atom stereocenters. The van der Waals surface area contributed by atoms with E-state index in [1.54, 1.807) is 36.4 Å². The maximum atomic E-state index is 13.3. The summed E-state index contributed by atoms with van der Waals surface area (Å²) in [5.41, 5.74) is 8.91. The molecule has 27 heavy (non-hydrogen) atoms. The highest BCUT2D eigenvalue weighted by atomic mass is 32.2. The van der Waals surface area contributed by atoms with Gasteiger partial charge in [-0.2, -0.15) is 0 Å². The molecule has 4 rings (SSSR count). The standard InChI is InChI=1S/C19H18N4O3S/c1-12-6-8-13(9-7-12)27(25,26)17-16-19(23(10-11-24)18(17)20)22-15-5-3-2-4-14(15)21-16/h2-9,24H,10-11,20H2,1H3. The maximum Gasteiger partial charge on any atom is 0.212 e. The van der Waals surface area contributed by atoms with Crippen LogP contribution in [-0.2, 0) is 16.4 Å². The summed E-state index contributed by atoms with van der Waals surface area (Å²) < 4.78 is 28.1. The molecule has 138 valence electrons. The molecule has 0 bridgehead atoms. The highest BCUT2D eigenvalue weighted by molar-refractivity contribution is 7.92. The highest BCUT2D eigenvalue weighted by Crippen LogP contribution is 2.35. The van der Waals surface area contributed by atoms with E-state index in [9.17, 15) is 13.5 Å². The minimum atomic E-state index is -3.91. The Labute approximate surface area is 156 Å². The summed E-state index contributed by atoms with van der Waals surface area (Å²) >= 11 is 0. The molecule has 2 aromatic carbocycles. The minimum Gasteiger partial charge on any atom is -0.395 e. The molecule has 0 fully saturated rings. The first kappa shape index (κ1) is 17.4. The Bertz CT molecular complexity index is 1260. The summed E-state index contributed by atoms with van der Waals surface area (Å²) in [4.78, 5) is 9.13. The zero-order chi connectivity index (χ0) is 19.2. The number of nitrogens with zero attached hydrogens (tertiary/aromatic N) is 3. The van der Waals surface area contributed by atoms with Crippen molar-refractivity contribution in [1.29, 1.82) is 0 Å². The fraction of sp³-hybridized carbons (Fsp3) is 0.158. The van der Waals surface area contributed by atoms with Crippen LogP contribution in [-0.4, -0.2) is 34.7 Å². The first-order valence-electron chi connectivity index (χ1n) is 8.40. The zero-order valence-corrected chi connectivity index (χ0v) is 15.4. The van der Waals surface area contributed by atoms with Gasteiger partial charge >= 0.3 is 0 Å². The number of benzene rings is 2. The third-order valence-electron chi connectivity index (χ3n) is 4.47. The number of fused-ring (bicyclic) bond motifs is 2. The van der Waals surface area contributed by atoms with Gasteiger partial charge < -0.3 is 15.4 Å². The second kappa shape index (κ2) is 6.33. The quantitative estimate of drug-likeness (QED) is 0.560. The molecule has 0 aliphatic heterocycles. The monoisotopic (exact) mass is 382 g/mol. The highest BCUT2D eigenvalue weighted by Gasteiger charge is 2.29. The van der Waals surface area contributed by atoms with E-state index in [1.165, 1.54) is 4.57 Å². The topological polar surface area (TPSA) is 111 Å². The molecule has 0 spiro atoms. The molecule has 0 saturated carbocycles. The Morgan fingerprint density at radius 1 is 1.04 bits per heavy atom.